The van der Waals surface area contributed by atoms with Gasteiger partial charge in [-0.05, 0) is 18.1 Å². The molecular formula is C11H11NO2. The van der Waals surface area contributed by atoms with E-state index in [0.29, 0.717) is 6.42 Å². The zero-order valence-electron chi connectivity index (χ0n) is 7.66. The Morgan fingerprint density at radius 2 is 2.21 bits per heavy atom. The molecule has 0 spiro atoms. The average molecular weight is 189 g/mol. The monoisotopic (exact) mass is 189 g/mol. The Morgan fingerprint density at radius 3 is 2.86 bits per heavy atom. The van der Waals surface area contributed by atoms with Crippen molar-refractivity contribution in [2.75, 3.05) is 5.32 Å². The first-order valence-corrected chi connectivity index (χ1v) is 4.45. The Kier molecular flexibility index (Phi) is 2.00. The summed E-state index contributed by atoms with van der Waals surface area (Å²) in [5.74, 6) is -0.935. The van der Waals surface area contributed by atoms with Gasteiger partial charge in [-0.15, -0.1) is 0 Å². The number of nitrogens with one attached hydrogen (secondary N) is 1. The highest BCUT2D eigenvalue weighted by atomic mass is 16.4. The molecule has 0 radical (unpaired) electrons. The van der Waals surface area contributed by atoms with Gasteiger partial charge in [0.1, 0.15) is 0 Å². The smallest absolute Gasteiger partial charge is 0.333 e. The van der Waals surface area contributed by atoms with Gasteiger partial charge < -0.3 is 10.4 Å². The Labute approximate surface area is 82.1 Å². The first-order valence-electron chi connectivity index (χ1n) is 4.45. The van der Waals surface area contributed by atoms with E-state index in [1.807, 2.05) is 24.3 Å². The Morgan fingerprint density at radius 1 is 1.50 bits per heavy atom. The number of benzene rings is 1. The fourth-order valence-corrected chi connectivity index (χ4v) is 1.66. The third-order valence-electron chi connectivity index (χ3n) is 2.47. The summed E-state index contributed by atoms with van der Waals surface area (Å²) in [7, 11) is 0. The van der Waals surface area contributed by atoms with E-state index in [1.165, 1.54) is 0 Å². The van der Waals surface area contributed by atoms with Gasteiger partial charge in [-0.1, -0.05) is 24.8 Å². The number of hydrogen-bond donors (Lipinski definition) is 2. The summed E-state index contributed by atoms with van der Waals surface area (Å²) >= 11 is 0. The maximum Gasteiger partial charge on any atom is 0.333 e. The third kappa shape index (κ3) is 1.37. The molecule has 3 nitrogen and oxygen atoms in total. The minimum Gasteiger partial charge on any atom is -0.478 e. The van der Waals surface area contributed by atoms with Gasteiger partial charge in [-0.25, -0.2) is 4.79 Å². The van der Waals surface area contributed by atoms with Crippen LogP contribution in [0, 0.1) is 0 Å². The number of rotatable bonds is 2. The van der Waals surface area contributed by atoms with E-state index in [9.17, 15) is 4.79 Å². The average Bonchev–Trinajstić information content (AvgIpc) is 2.59. The van der Waals surface area contributed by atoms with Gasteiger partial charge in [0, 0.05) is 5.69 Å². The van der Waals surface area contributed by atoms with Crippen molar-refractivity contribution in [3.05, 3.63) is 42.0 Å². The summed E-state index contributed by atoms with van der Waals surface area (Å²) in [4.78, 5) is 10.7. The van der Waals surface area contributed by atoms with Gasteiger partial charge in [0.05, 0.1) is 11.6 Å². The number of anilines is 1. The second kappa shape index (κ2) is 3.18. The van der Waals surface area contributed by atoms with Crippen molar-refractivity contribution in [3.63, 3.8) is 0 Å². The first-order chi connectivity index (χ1) is 6.68. The van der Waals surface area contributed by atoms with Crippen LogP contribution in [-0.2, 0) is 11.2 Å². The number of aliphatic carboxylic acids is 1. The molecule has 1 atom stereocenters. The largest absolute Gasteiger partial charge is 0.478 e. The van der Waals surface area contributed by atoms with Crippen molar-refractivity contribution < 1.29 is 9.90 Å². The number of fused-ring (bicyclic) bond motifs is 1. The Bertz CT molecular complexity index is 373. The number of para-hydroxylation sites is 1. The summed E-state index contributed by atoms with van der Waals surface area (Å²) in [5.41, 5.74) is 2.39. The quantitative estimate of drug-likeness (QED) is 0.696. The molecule has 0 amide bonds. The van der Waals surface area contributed by atoms with E-state index in [0.717, 1.165) is 11.3 Å². The predicted octanol–water partition coefficient (Wildman–Crippen LogP) is 1.66. The maximum atomic E-state index is 10.7. The molecule has 1 heterocycles. The lowest BCUT2D eigenvalue weighted by Gasteiger charge is -2.09. The molecule has 1 aliphatic heterocycles. The molecule has 2 rings (SSSR count). The van der Waals surface area contributed by atoms with Crippen molar-refractivity contribution in [2.24, 2.45) is 0 Å². The Balaban J connectivity index is 2.20. The van der Waals surface area contributed by atoms with Crippen molar-refractivity contribution >= 4 is 11.7 Å². The van der Waals surface area contributed by atoms with Crippen LogP contribution < -0.4 is 5.32 Å². The topological polar surface area (TPSA) is 49.3 Å². The lowest BCUT2D eigenvalue weighted by Crippen LogP contribution is -2.22. The highest BCUT2D eigenvalue weighted by Crippen LogP contribution is 2.27. The zero-order valence-corrected chi connectivity index (χ0v) is 7.66. The molecule has 0 aliphatic carbocycles. The third-order valence-corrected chi connectivity index (χ3v) is 2.47. The molecule has 2 N–H and O–H groups in total. The molecule has 72 valence electrons. The van der Waals surface area contributed by atoms with Crippen molar-refractivity contribution in [2.45, 2.75) is 12.5 Å². The summed E-state index contributed by atoms with van der Waals surface area (Å²) in [5, 5.41) is 11.9. The van der Waals surface area contributed by atoms with Gasteiger partial charge in [0.2, 0.25) is 0 Å². The molecule has 0 saturated carbocycles. The van der Waals surface area contributed by atoms with Crippen molar-refractivity contribution in [1.29, 1.82) is 0 Å². The van der Waals surface area contributed by atoms with Gasteiger partial charge in [-0.2, -0.15) is 0 Å². The van der Waals surface area contributed by atoms with Crippen LogP contribution in [0.25, 0.3) is 0 Å². The lowest BCUT2D eigenvalue weighted by atomic mass is 10.0. The predicted molar refractivity (Wildman–Crippen MR) is 54.3 cm³/mol. The van der Waals surface area contributed by atoms with E-state index >= 15 is 0 Å². The number of hydrogen-bond acceptors (Lipinski definition) is 2. The molecule has 0 aromatic heterocycles. The normalized spacial score (nSPS) is 18.4. The van der Waals surface area contributed by atoms with E-state index in [2.05, 4.69) is 11.9 Å². The fraction of sp³-hybridized carbons (Fsp3) is 0.182. The van der Waals surface area contributed by atoms with Crippen LogP contribution in [0.5, 0.6) is 0 Å². The minimum atomic E-state index is -0.935. The second-order valence-corrected chi connectivity index (χ2v) is 3.39. The van der Waals surface area contributed by atoms with Gasteiger partial charge in [0.25, 0.3) is 0 Å². The van der Waals surface area contributed by atoms with Crippen LogP contribution >= 0.6 is 0 Å². The van der Waals surface area contributed by atoms with Gasteiger partial charge in [0.15, 0.2) is 0 Å². The minimum absolute atomic E-state index is 0.162. The molecule has 1 unspecified atom stereocenters. The summed E-state index contributed by atoms with van der Waals surface area (Å²) in [6, 6.07) is 7.66. The first kappa shape index (κ1) is 8.81. The van der Waals surface area contributed by atoms with Crippen LogP contribution in [-0.4, -0.2) is 17.1 Å². The summed E-state index contributed by atoms with van der Waals surface area (Å²) < 4.78 is 0. The number of carbonyl (C=O) groups is 1. The van der Waals surface area contributed by atoms with Crippen LogP contribution in [0.2, 0.25) is 0 Å². The fourth-order valence-electron chi connectivity index (χ4n) is 1.66. The standard InChI is InChI=1S/C11H11NO2/c1-7(11(13)14)10-6-8-4-2-3-5-9(8)12-10/h2-5,10,12H,1,6H2,(H,13,14). The van der Waals surface area contributed by atoms with Crippen LogP contribution in [0.3, 0.4) is 0 Å². The molecule has 1 aromatic rings. The van der Waals surface area contributed by atoms with Crippen LogP contribution in [0.15, 0.2) is 36.4 Å². The number of carboxylic acid groups (broad SMARTS) is 1. The molecule has 0 saturated heterocycles. The van der Waals surface area contributed by atoms with Crippen molar-refractivity contribution in [1.82, 2.24) is 0 Å². The number of carboxylic acids is 1. The van der Waals surface area contributed by atoms with E-state index in [4.69, 9.17) is 5.11 Å². The van der Waals surface area contributed by atoms with Crippen LogP contribution in [0.4, 0.5) is 5.69 Å². The molecule has 3 heteroatoms. The van der Waals surface area contributed by atoms with Crippen LogP contribution in [0.1, 0.15) is 5.56 Å². The molecule has 0 bridgehead atoms. The lowest BCUT2D eigenvalue weighted by molar-refractivity contribution is -0.132. The van der Waals surface area contributed by atoms with Gasteiger partial charge >= 0.3 is 5.97 Å². The second-order valence-electron chi connectivity index (χ2n) is 3.39. The molecular weight excluding hydrogens is 178 g/mol. The van der Waals surface area contributed by atoms with Crippen molar-refractivity contribution in [3.8, 4) is 0 Å². The molecule has 0 fully saturated rings. The van der Waals surface area contributed by atoms with E-state index in [-0.39, 0.29) is 11.6 Å². The Hall–Kier alpha value is -1.77. The summed E-state index contributed by atoms with van der Waals surface area (Å²) in [6.07, 6.45) is 0.710. The van der Waals surface area contributed by atoms with E-state index < -0.39 is 5.97 Å². The molecule has 1 aromatic carbocycles. The highest BCUT2D eigenvalue weighted by molar-refractivity contribution is 5.88. The maximum absolute atomic E-state index is 10.7. The SMILES string of the molecule is C=C(C(=O)O)C1Cc2ccccc2N1. The summed E-state index contributed by atoms with van der Waals surface area (Å²) in [6.45, 7) is 3.56. The van der Waals surface area contributed by atoms with E-state index in [1.54, 1.807) is 0 Å². The molecule has 14 heavy (non-hydrogen) atoms. The highest BCUT2D eigenvalue weighted by Gasteiger charge is 2.25. The zero-order chi connectivity index (χ0) is 10.1. The van der Waals surface area contributed by atoms with Gasteiger partial charge in [-0.3, -0.25) is 0 Å². The molecule has 1 aliphatic rings.